The summed E-state index contributed by atoms with van der Waals surface area (Å²) >= 11 is 0. The van der Waals surface area contributed by atoms with Crippen LogP contribution < -0.4 is 0 Å². The minimum Gasteiger partial charge on any atom is -0.299 e. The number of rotatable bonds is 4. The lowest BCUT2D eigenvalue weighted by Gasteiger charge is -2.27. The Balaban J connectivity index is 1.94. The summed E-state index contributed by atoms with van der Waals surface area (Å²) in [5, 5.41) is 0. The normalized spacial score (nSPS) is 24.3. The van der Waals surface area contributed by atoms with Crippen LogP contribution in [0.2, 0.25) is 0 Å². The van der Waals surface area contributed by atoms with E-state index < -0.39 is 9.84 Å². The predicted molar refractivity (Wildman–Crippen MR) is 74.2 cm³/mol. The van der Waals surface area contributed by atoms with E-state index in [1.807, 2.05) is 18.2 Å². The summed E-state index contributed by atoms with van der Waals surface area (Å²) in [6.07, 6.45) is 0.814. The van der Waals surface area contributed by atoms with Crippen molar-refractivity contribution in [2.75, 3.05) is 25.1 Å². The summed E-state index contributed by atoms with van der Waals surface area (Å²) < 4.78 is 22.9. The van der Waals surface area contributed by atoms with Gasteiger partial charge in [-0.3, -0.25) is 4.90 Å². The summed E-state index contributed by atoms with van der Waals surface area (Å²) in [6, 6.07) is 10.7. The maximum Gasteiger partial charge on any atom is 0.150 e. The molecule has 0 N–H and O–H groups in total. The summed E-state index contributed by atoms with van der Waals surface area (Å²) in [5.41, 5.74) is 1.28. The van der Waals surface area contributed by atoms with E-state index in [1.165, 1.54) is 5.56 Å². The fourth-order valence-corrected chi connectivity index (χ4v) is 4.42. The van der Waals surface area contributed by atoms with Crippen LogP contribution in [0.4, 0.5) is 0 Å². The molecule has 1 saturated heterocycles. The van der Waals surface area contributed by atoms with Gasteiger partial charge >= 0.3 is 0 Å². The molecule has 1 aromatic carbocycles. The van der Waals surface area contributed by atoms with Crippen molar-refractivity contribution in [2.45, 2.75) is 19.4 Å². The lowest BCUT2D eigenvalue weighted by Crippen LogP contribution is -2.29. The molecule has 1 aromatic rings. The third-order valence-electron chi connectivity index (χ3n) is 3.82. The van der Waals surface area contributed by atoms with Gasteiger partial charge in [0.15, 0.2) is 9.84 Å². The average molecular weight is 267 g/mol. The largest absolute Gasteiger partial charge is 0.299 e. The average Bonchev–Trinajstić information content (AvgIpc) is 2.68. The first-order valence-electron chi connectivity index (χ1n) is 6.43. The summed E-state index contributed by atoms with van der Waals surface area (Å²) in [6.45, 7) is 3.02. The van der Waals surface area contributed by atoms with Gasteiger partial charge in [-0.2, -0.15) is 0 Å². The van der Waals surface area contributed by atoms with Crippen molar-refractivity contribution in [3.8, 4) is 0 Å². The predicted octanol–water partition coefficient (Wildman–Crippen LogP) is 2.11. The highest BCUT2D eigenvalue weighted by Crippen LogP contribution is 2.24. The van der Waals surface area contributed by atoms with E-state index in [0.717, 1.165) is 13.0 Å². The molecule has 2 atom stereocenters. The van der Waals surface area contributed by atoms with E-state index in [2.05, 4.69) is 31.0 Å². The molecule has 100 valence electrons. The van der Waals surface area contributed by atoms with E-state index in [-0.39, 0.29) is 0 Å². The maximum atomic E-state index is 11.4. The maximum absolute atomic E-state index is 11.4. The number of nitrogens with zero attached hydrogens (tertiary/aromatic N) is 1. The van der Waals surface area contributed by atoms with Crippen molar-refractivity contribution in [1.29, 1.82) is 0 Å². The van der Waals surface area contributed by atoms with E-state index in [0.29, 0.717) is 23.5 Å². The Labute approximate surface area is 110 Å². The highest BCUT2D eigenvalue weighted by molar-refractivity contribution is 7.91. The van der Waals surface area contributed by atoms with Gasteiger partial charge in [-0.05, 0) is 31.9 Å². The second-order valence-corrected chi connectivity index (χ2v) is 7.52. The van der Waals surface area contributed by atoms with Gasteiger partial charge in [-0.25, -0.2) is 8.42 Å². The SMILES string of the molecule is C[C@@H](c1ccccc1)N(C)C[C@@H]1CCS(=O)(=O)C1. The van der Waals surface area contributed by atoms with Crippen molar-refractivity contribution >= 4 is 9.84 Å². The molecule has 0 aromatic heterocycles. The number of benzene rings is 1. The van der Waals surface area contributed by atoms with E-state index in [1.54, 1.807) is 0 Å². The fourth-order valence-electron chi connectivity index (χ4n) is 2.57. The third kappa shape index (κ3) is 3.33. The molecule has 1 aliphatic rings. The zero-order chi connectivity index (χ0) is 13.2. The Hall–Kier alpha value is -0.870. The molecule has 0 bridgehead atoms. The molecule has 2 rings (SSSR count). The Bertz CT molecular complexity index is 484. The van der Waals surface area contributed by atoms with Crippen LogP contribution in [0.25, 0.3) is 0 Å². The van der Waals surface area contributed by atoms with Crippen LogP contribution in [0.5, 0.6) is 0 Å². The minimum atomic E-state index is -2.76. The zero-order valence-electron chi connectivity index (χ0n) is 11.0. The van der Waals surface area contributed by atoms with Gasteiger partial charge in [-0.15, -0.1) is 0 Å². The van der Waals surface area contributed by atoms with Crippen LogP contribution in [-0.4, -0.2) is 38.4 Å². The second kappa shape index (κ2) is 5.41. The molecular weight excluding hydrogens is 246 g/mol. The zero-order valence-corrected chi connectivity index (χ0v) is 11.9. The highest BCUT2D eigenvalue weighted by atomic mass is 32.2. The highest BCUT2D eigenvalue weighted by Gasteiger charge is 2.29. The third-order valence-corrected chi connectivity index (χ3v) is 5.65. The summed E-state index contributed by atoms with van der Waals surface area (Å²) in [4.78, 5) is 2.25. The van der Waals surface area contributed by atoms with Crippen LogP contribution in [0, 0.1) is 5.92 Å². The van der Waals surface area contributed by atoms with Gasteiger partial charge in [0, 0.05) is 12.6 Å². The van der Waals surface area contributed by atoms with Crippen LogP contribution in [0.15, 0.2) is 30.3 Å². The Morgan fingerprint density at radius 1 is 1.33 bits per heavy atom. The molecule has 1 fully saturated rings. The lowest BCUT2D eigenvalue weighted by molar-refractivity contribution is 0.228. The summed E-state index contributed by atoms with van der Waals surface area (Å²) in [5.74, 6) is 1.02. The first kappa shape index (κ1) is 13.6. The Morgan fingerprint density at radius 3 is 2.56 bits per heavy atom. The van der Waals surface area contributed by atoms with E-state index >= 15 is 0 Å². The molecule has 0 spiro atoms. The number of sulfone groups is 1. The lowest BCUT2D eigenvalue weighted by atomic mass is 10.0. The fraction of sp³-hybridized carbons (Fsp3) is 0.571. The van der Waals surface area contributed by atoms with Crippen molar-refractivity contribution < 1.29 is 8.42 Å². The Morgan fingerprint density at radius 2 is 2.00 bits per heavy atom. The van der Waals surface area contributed by atoms with Crippen LogP contribution >= 0.6 is 0 Å². The van der Waals surface area contributed by atoms with Crippen molar-refractivity contribution in [2.24, 2.45) is 5.92 Å². The number of hydrogen-bond acceptors (Lipinski definition) is 3. The Kier molecular flexibility index (Phi) is 4.07. The van der Waals surface area contributed by atoms with Gasteiger partial charge < -0.3 is 0 Å². The molecule has 0 amide bonds. The number of hydrogen-bond donors (Lipinski definition) is 0. The van der Waals surface area contributed by atoms with Gasteiger partial charge in [0.05, 0.1) is 11.5 Å². The van der Waals surface area contributed by atoms with Gasteiger partial charge in [-0.1, -0.05) is 30.3 Å². The molecule has 1 heterocycles. The topological polar surface area (TPSA) is 37.4 Å². The van der Waals surface area contributed by atoms with Crippen molar-refractivity contribution in [3.05, 3.63) is 35.9 Å². The van der Waals surface area contributed by atoms with Crippen LogP contribution in [0.1, 0.15) is 24.9 Å². The minimum absolute atomic E-state index is 0.297. The van der Waals surface area contributed by atoms with Crippen LogP contribution in [-0.2, 0) is 9.84 Å². The molecule has 4 heteroatoms. The molecular formula is C14H21NO2S. The molecule has 1 aliphatic heterocycles. The summed E-state index contributed by atoms with van der Waals surface area (Å²) in [7, 11) is -0.686. The molecule has 0 aliphatic carbocycles. The van der Waals surface area contributed by atoms with E-state index in [4.69, 9.17) is 0 Å². The molecule has 3 nitrogen and oxygen atoms in total. The molecule has 0 unspecified atom stereocenters. The first-order valence-corrected chi connectivity index (χ1v) is 8.26. The van der Waals surface area contributed by atoms with Gasteiger partial charge in [0.25, 0.3) is 0 Å². The van der Waals surface area contributed by atoms with Gasteiger partial charge in [0.1, 0.15) is 0 Å². The molecule has 0 saturated carbocycles. The van der Waals surface area contributed by atoms with Crippen LogP contribution in [0.3, 0.4) is 0 Å². The standard InChI is InChI=1S/C14H21NO2S/c1-12(14-6-4-3-5-7-14)15(2)10-13-8-9-18(16,17)11-13/h3-7,12-13H,8-11H2,1-2H3/t12-,13-/m0/s1. The smallest absolute Gasteiger partial charge is 0.150 e. The van der Waals surface area contributed by atoms with Crippen molar-refractivity contribution in [1.82, 2.24) is 4.90 Å². The van der Waals surface area contributed by atoms with Crippen molar-refractivity contribution in [3.63, 3.8) is 0 Å². The second-order valence-electron chi connectivity index (χ2n) is 5.30. The monoisotopic (exact) mass is 267 g/mol. The molecule has 0 radical (unpaired) electrons. The van der Waals surface area contributed by atoms with Gasteiger partial charge in [0.2, 0.25) is 0 Å². The van der Waals surface area contributed by atoms with E-state index in [9.17, 15) is 8.42 Å². The quantitative estimate of drug-likeness (QED) is 0.838. The molecule has 18 heavy (non-hydrogen) atoms. The first-order chi connectivity index (χ1) is 8.48.